The fraction of sp³-hybridized carbons (Fsp3) is 0.721. The molecule has 0 unspecified atom stereocenters. The molecular weight excluding hydrogens is 635 g/mol. The Labute approximate surface area is 305 Å². The largest absolute Gasteiger partial charge is 0.461 e. The van der Waals surface area contributed by atoms with Gasteiger partial charge in [-0.15, -0.1) is 0 Å². The summed E-state index contributed by atoms with van der Waals surface area (Å²) in [4.78, 5) is 24.3. The molecular formula is C43H65N5O3. The fourth-order valence-corrected chi connectivity index (χ4v) is 12.3. The van der Waals surface area contributed by atoms with Crippen molar-refractivity contribution < 1.29 is 14.6 Å². The van der Waals surface area contributed by atoms with Crippen LogP contribution in [0.5, 0.6) is 0 Å². The topological polar surface area (TPSA) is 129 Å². The molecule has 7 rings (SSSR count). The molecule has 4 aliphatic carbocycles. The van der Waals surface area contributed by atoms with Gasteiger partial charge in [-0.05, 0) is 97.5 Å². The molecule has 51 heavy (non-hydrogen) atoms. The molecule has 0 aliphatic heterocycles. The van der Waals surface area contributed by atoms with Crippen LogP contribution in [0.3, 0.4) is 0 Å². The van der Waals surface area contributed by atoms with Crippen LogP contribution in [0, 0.1) is 46.3 Å². The standard InChI is InChI=1S/C43H65N5O3/c1-27(2)9-8-10-28(3)34-13-14-35-33-22-39(46-20-17-30-25-45-26-48-30)43(50)23-31(15-19-42(43,5)36(33)16-18-41(34,35)4)51-40(49)37(44)21-29-24-47-38-12-7-6-11-32(29)38/h6-7,11-12,24-28,31,33-37,39,46-47,50H,8-10,13-23,44H2,1-5H3,(H,45,48)/t28-,31+,33+,34-,35+,36+,37+,39-,41-,42-,43+/m1/s1. The number of hydrogen-bond acceptors (Lipinski definition) is 6. The van der Waals surface area contributed by atoms with Crippen molar-refractivity contribution in [2.24, 2.45) is 52.1 Å². The van der Waals surface area contributed by atoms with Crippen LogP contribution < -0.4 is 11.1 Å². The zero-order chi connectivity index (χ0) is 36.0. The average molecular weight is 700 g/mol. The number of carbonyl (C=O) groups is 1. The van der Waals surface area contributed by atoms with Crippen molar-refractivity contribution in [3.8, 4) is 0 Å². The number of imidazole rings is 1. The minimum absolute atomic E-state index is 0.0750. The zero-order valence-corrected chi connectivity index (χ0v) is 31.9. The molecule has 11 atom stereocenters. The predicted molar refractivity (Wildman–Crippen MR) is 204 cm³/mol. The lowest BCUT2D eigenvalue weighted by Crippen LogP contribution is -2.71. The van der Waals surface area contributed by atoms with E-state index in [2.05, 4.69) is 61.0 Å². The molecule has 2 heterocycles. The molecule has 0 saturated heterocycles. The summed E-state index contributed by atoms with van der Waals surface area (Å²) in [5.74, 6) is 3.72. The molecule has 0 spiro atoms. The Morgan fingerprint density at radius 3 is 2.69 bits per heavy atom. The molecule has 6 N–H and O–H groups in total. The average Bonchev–Trinajstić information content (AvgIpc) is 3.85. The van der Waals surface area contributed by atoms with E-state index in [1.165, 1.54) is 44.9 Å². The van der Waals surface area contributed by atoms with Crippen molar-refractivity contribution in [2.45, 2.75) is 142 Å². The van der Waals surface area contributed by atoms with Gasteiger partial charge in [0.05, 0.1) is 17.6 Å². The number of nitrogens with zero attached hydrogens (tertiary/aromatic N) is 1. The Morgan fingerprint density at radius 2 is 1.90 bits per heavy atom. The third kappa shape index (κ3) is 6.83. The van der Waals surface area contributed by atoms with Crippen LogP contribution in [0.1, 0.15) is 117 Å². The van der Waals surface area contributed by atoms with Crippen LogP contribution in [0.4, 0.5) is 0 Å². The van der Waals surface area contributed by atoms with Gasteiger partial charge >= 0.3 is 5.97 Å². The Morgan fingerprint density at radius 1 is 1.08 bits per heavy atom. The highest BCUT2D eigenvalue weighted by atomic mass is 16.5. The van der Waals surface area contributed by atoms with Crippen molar-refractivity contribution in [2.75, 3.05) is 6.54 Å². The summed E-state index contributed by atoms with van der Waals surface area (Å²) < 4.78 is 6.22. The number of aromatic nitrogens is 3. The van der Waals surface area contributed by atoms with E-state index in [0.29, 0.717) is 36.0 Å². The summed E-state index contributed by atoms with van der Waals surface area (Å²) in [5, 5.41) is 18.1. The molecule has 4 aliphatic rings. The molecule has 4 saturated carbocycles. The highest BCUT2D eigenvalue weighted by Gasteiger charge is 2.67. The maximum atomic E-state index is 13.5. The molecule has 8 heteroatoms. The number of esters is 1. The van der Waals surface area contributed by atoms with Crippen LogP contribution in [0.2, 0.25) is 0 Å². The monoisotopic (exact) mass is 700 g/mol. The van der Waals surface area contributed by atoms with E-state index in [1.807, 2.05) is 30.6 Å². The van der Waals surface area contributed by atoms with Gasteiger partial charge < -0.3 is 30.9 Å². The molecule has 0 amide bonds. The van der Waals surface area contributed by atoms with Gasteiger partial charge in [0.25, 0.3) is 0 Å². The van der Waals surface area contributed by atoms with Crippen molar-refractivity contribution in [1.29, 1.82) is 0 Å². The maximum Gasteiger partial charge on any atom is 0.323 e. The first kappa shape index (κ1) is 36.7. The quantitative estimate of drug-likeness (QED) is 0.116. The molecule has 2 aromatic heterocycles. The highest BCUT2D eigenvalue weighted by molar-refractivity contribution is 5.84. The maximum absolute atomic E-state index is 13.5. The lowest BCUT2D eigenvalue weighted by atomic mass is 9.42. The van der Waals surface area contributed by atoms with Gasteiger partial charge in [-0.25, -0.2) is 4.98 Å². The van der Waals surface area contributed by atoms with Crippen LogP contribution in [0.25, 0.3) is 10.9 Å². The number of nitrogens with one attached hydrogen (secondary N) is 3. The first-order valence-electron chi connectivity index (χ1n) is 20.4. The minimum Gasteiger partial charge on any atom is -0.461 e. The van der Waals surface area contributed by atoms with Gasteiger partial charge in [-0.2, -0.15) is 0 Å². The Bertz CT molecular complexity index is 1620. The number of H-pyrrole nitrogens is 2. The number of rotatable bonds is 13. The second-order valence-corrected chi connectivity index (χ2v) is 18.3. The van der Waals surface area contributed by atoms with E-state index in [4.69, 9.17) is 10.5 Å². The molecule has 1 aromatic carbocycles. The number of aromatic amines is 2. The summed E-state index contributed by atoms with van der Waals surface area (Å²) in [6, 6.07) is 7.26. The van der Waals surface area contributed by atoms with Gasteiger partial charge in [0.1, 0.15) is 12.1 Å². The minimum atomic E-state index is -0.986. The number of aliphatic hydroxyl groups is 1. The van der Waals surface area contributed by atoms with E-state index >= 15 is 0 Å². The van der Waals surface area contributed by atoms with Crippen LogP contribution >= 0.6 is 0 Å². The predicted octanol–water partition coefficient (Wildman–Crippen LogP) is 7.72. The van der Waals surface area contributed by atoms with E-state index in [-0.39, 0.29) is 23.5 Å². The number of hydrogen-bond donors (Lipinski definition) is 5. The molecule has 0 bridgehead atoms. The third-order valence-corrected chi connectivity index (χ3v) is 15.1. The lowest BCUT2D eigenvalue weighted by Gasteiger charge is -2.66. The first-order valence-corrected chi connectivity index (χ1v) is 20.4. The van der Waals surface area contributed by atoms with Gasteiger partial charge in [0, 0.05) is 60.6 Å². The Kier molecular flexibility index (Phi) is 10.5. The number of ether oxygens (including phenoxy) is 1. The summed E-state index contributed by atoms with van der Waals surface area (Å²) >= 11 is 0. The normalized spacial score (nSPS) is 36.0. The fourth-order valence-electron chi connectivity index (χ4n) is 12.3. The van der Waals surface area contributed by atoms with Crippen LogP contribution in [0.15, 0.2) is 43.0 Å². The van der Waals surface area contributed by atoms with E-state index in [9.17, 15) is 9.90 Å². The summed E-state index contributed by atoms with van der Waals surface area (Å²) in [6.45, 7) is 13.0. The summed E-state index contributed by atoms with van der Waals surface area (Å²) in [5.41, 5.74) is 8.72. The van der Waals surface area contributed by atoms with Gasteiger partial charge in [0.2, 0.25) is 0 Å². The van der Waals surface area contributed by atoms with Crippen LogP contribution in [-0.2, 0) is 22.4 Å². The molecule has 4 fully saturated rings. The van der Waals surface area contributed by atoms with E-state index in [1.54, 1.807) is 6.33 Å². The van der Waals surface area contributed by atoms with Gasteiger partial charge in [-0.3, -0.25) is 4.79 Å². The SMILES string of the molecule is CC(C)CCC[C@@H](C)[C@H]1CC[C@H]2[C@@H]3C[C@@H](NCCc4c[nH]cn4)[C@@]4(O)C[C@@H](OC(=O)[C@@H](N)Cc5c[nH]c6ccccc56)CC[C@]4(C)[C@H]3CC[C@]12C. The lowest BCUT2D eigenvalue weighted by molar-refractivity contribution is -0.237. The number of nitrogens with two attached hydrogens (primary N) is 1. The number of para-hydroxylation sites is 1. The summed E-state index contributed by atoms with van der Waals surface area (Å²) in [6.07, 6.45) is 18.7. The van der Waals surface area contributed by atoms with E-state index < -0.39 is 11.6 Å². The molecule has 0 radical (unpaired) electrons. The molecule has 8 nitrogen and oxygen atoms in total. The third-order valence-electron chi connectivity index (χ3n) is 15.1. The van der Waals surface area contributed by atoms with E-state index in [0.717, 1.165) is 72.1 Å². The number of fused-ring (bicyclic) bond motifs is 6. The van der Waals surface area contributed by atoms with Crippen molar-refractivity contribution in [1.82, 2.24) is 20.3 Å². The van der Waals surface area contributed by atoms with Gasteiger partial charge in [0.15, 0.2) is 0 Å². The smallest absolute Gasteiger partial charge is 0.323 e. The highest BCUT2D eigenvalue weighted by Crippen LogP contribution is 2.69. The number of benzene rings is 1. The second kappa shape index (κ2) is 14.6. The van der Waals surface area contributed by atoms with Crippen molar-refractivity contribution in [3.63, 3.8) is 0 Å². The summed E-state index contributed by atoms with van der Waals surface area (Å²) in [7, 11) is 0. The van der Waals surface area contributed by atoms with Gasteiger partial charge in [-0.1, -0.05) is 72.1 Å². The Balaban J connectivity index is 1.08. The van der Waals surface area contributed by atoms with Crippen LogP contribution in [-0.4, -0.2) is 56.4 Å². The zero-order valence-electron chi connectivity index (χ0n) is 31.9. The van der Waals surface area contributed by atoms with Crippen molar-refractivity contribution in [3.05, 3.63) is 54.2 Å². The molecule has 280 valence electrons. The molecule has 3 aromatic rings. The Hall–Kier alpha value is -2.68. The number of carbonyl (C=O) groups excluding carboxylic acids is 1. The first-order chi connectivity index (χ1) is 24.4. The second-order valence-electron chi connectivity index (χ2n) is 18.3. The van der Waals surface area contributed by atoms with Crippen molar-refractivity contribution >= 4 is 16.9 Å².